The summed E-state index contributed by atoms with van der Waals surface area (Å²) in [5, 5.41) is 17.5. The van der Waals surface area contributed by atoms with Gasteiger partial charge in [-0.15, -0.1) is 6.07 Å². The van der Waals surface area contributed by atoms with Crippen molar-refractivity contribution in [2.75, 3.05) is 7.11 Å². The normalized spacial score (nSPS) is 10.1. The van der Waals surface area contributed by atoms with Gasteiger partial charge in [0.2, 0.25) is 0 Å². The molecule has 0 aliphatic rings. The number of nitrogens with zero attached hydrogens (tertiary/aromatic N) is 1. The number of aryl methyl sites for hydroxylation is 1. The molecule has 0 saturated carbocycles. The topological polar surface area (TPSA) is 94.9 Å². The van der Waals surface area contributed by atoms with E-state index in [1.807, 2.05) is 0 Å². The van der Waals surface area contributed by atoms with Crippen LogP contribution in [0.4, 0.5) is 4.39 Å². The quantitative estimate of drug-likeness (QED) is 0.0698. The molecule has 38 heavy (non-hydrogen) atoms. The summed E-state index contributed by atoms with van der Waals surface area (Å²) in [6, 6.07) is 17.2. The molecule has 3 aromatic rings. The molecule has 200 valence electrons. The zero-order chi connectivity index (χ0) is 27.4. The van der Waals surface area contributed by atoms with Gasteiger partial charge in [-0.2, -0.15) is 24.1 Å². The maximum absolute atomic E-state index is 13.2. The van der Waals surface area contributed by atoms with Crippen LogP contribution in [0.15, 0.2) is 54.6 Å². The standard InChI is InChI=1S/C18H20IO.C12H14FN2O2.U/c1-4-6-14-9-10-17(15(11-14)12-20-3)16-7-5-8-18(19)13(16)2;13-10-6-8(3-1-2-4-11(16)17)5-9(7-10)12(14)15;/h5-11H,4,12H2,1-3H3;5-7H,1-4H2,(H3-,14,15,16,17);/q2*-1;+2. The minimum Gasteiger partial charge on any atom is -0.494 e. The number of unbranched alkanes of at least 4 members (excludes halogenated alkanes) is 1. The third kappa shape index (κ3) is 11.1. The van der Waals surface area contributed by atoms with E-state index in [1.165, 1.54) is 37.5 Å². The van der Waals surface area contributed by atoms with Crippen molar-refractivity contribution in [2.45, 2.75) is 52.6 Å². The Kier molecular flexibility index (Phi) is 15.9. The molecule has 0 atom stereocenters. The third-order valence-corrected chi connectivity index (χ3v) is 6.95. The van der Waals surface area contributed by atoms with E-state index < -0.39 is 17.6 Å². The number of amidine groups is 1. The van der Waals surface area contributed by atoms with E-state index in [4.69, 9.17) is 21.0 Å². The fourth-order valence-electron chi connectivity index (χ4n) is 3.96. The molecule has 3 aromatic carbocycles. The van der Waals surface area contributed by atoms with Crippen LogP contribution in [0.2, 0.25) is 0 Å². The molecular formula is C30H34FIN2O3U. The number of carbonyl (C=O) groups is 1. The first-order chi connectivity index (χ1) is 17.7. The van der Waals surface area contributed by atoms with Crippen LogP contribution < -0.4 is 5.73 Å². The smallest absolute Gasteiger partial charge is 0.494 e. The summed E-state index contributed by atoms with van der Waals surface area (Å²) < 4.78 is 19.8. The van der Waals surface area contributed by atoms with Gasteiger partial charge in [-0.25, -0.2) is 4.39 Å². The van der Waals surface area contributed by atoms with Crippen LogP contribution in [0.25, 0.3) is 16.5 Å². The van der Waals surface area contributed by atoms with Crippen molar-refractivity contribution in [2.24, 2.45) is 5.73 Å². The minimum atomic E-state index is -0.835. The number of carboxylic acid groups (broad SMARTS) is 1. The second-order valence-corrected chi connectivity index (χ2v) is 9.87. The molecule has 5 nitrogen and oxygen atoms in total. The number of halogens is 2. The molecule has 0 radical (unpaired) electrons. The van der Waals surface area contributed by atoms with Crippen molar-refractivity contribution < 1.29 is 50.1 Å². The van der Waals surface area contributed by atoms with Gasteiger partial charge in [-0.05, 0) is 94.8 Å². The summed E-state index contributed by atoms with van der Waals surface area (Å²) in [6.07, 6.45) is 5.15. The van der Waals surface area contributed by atoms with Gasteiger partial charge < -0.3 is 21.0 Å². The molecule has 0 spiro atoms. The first-order valence-corrected chi connectivity index (χ1v) is 13.3. The Morgan fingerprint density at radius 1 is 1.13 bits per heavy atom. The molecule has 0 heterocycles. The summed E-state index contributed by atoms with van der Waals surface area (Å²) in [5.41, 5.74) is 12.5. The largest absolute Gasteiger partial charge is 2.00 e. The number of ether oxygens (including phenoxy) is 1. The fraction of sp³-hybridized carbons (Fsp3) is 0.300. The first kappa shape index (κ1) is 34.2. The number of hydrogen-bond acceptors (Lipinski definition) is 2. The van der Waals surface area contributed by atoms with Gasteiger partial charge in [-0.3, -0.25) is 4.79 Å². The number of carboxylic acids is 1. The van der Waals surface area contributed by atoms with Crippen molar-refractivity contribution in [3.63, 3.8) is 0 Å². The average molecular weight is 855 g/mol. The number of nitrogens with two attached hydrogens (primary N) is 1. The third-order valence-electron chi connectivity index (χ3n) is 5.79. The Balaban J connectivity index is 0.000000375. The van der Waals surface area contributed by atoms with Crippen LogP contribution >= 0.6 is 22.6 Å². The van der Waals surface area contributed by atoms with Crippen LogP contribution in [-0.2, 0) is 22.6 Å². The van der Waals surface area contributed by atoms with Gasteiger partial charge in [0.1, 0.15) is 5.82 Å². The molecule has 0 bridgehead atoms. The number of methoxy groups -OCH3 is 1. The molecule has 8 heteroatoms. The van der Waals surface area contributed by atoms with Gasteiger partial charge in [0, 0.05) is 17.1 Å². The van der Waals surface area contributed by atoms with E-state index in [9.17, 15) is 9.18 Å². The average Bonchev–Trinajstić information content (AvgIpc) is 2.84. The fourth-order valence-corrected chi connectivity index (χ4v) is 4.46. The van der Waals surface area contributed by atoms with Crippen molar-refractivity contribution in [3.05, 3.63) is 104 Å². The van der Waals surface area contributed by atoms with E-state index >= 15 is 0 Å². The first-order valence-electron chi connectivity index (χ1n) is 12.2. The summed E-state index contributed by atoms with van der Waals surface area (Å²) in [5.74, 6) is -1.72. The second kappa shape index (κ2) is 17.7. The minimum absolute atomic E-state index is 0. The Labute approximate surface area is 262 Å². The molecule has 0 fully saturated rings. The monoisotopic (exact) mass is 854 g/mol. The van der Waals surface area contributed by atoms with E-state index in [-0.39, 0.29) is 43.1 Å². The van der Waals surface area contributed by atoms with Crippen LogP contribution in [0.5, 0.6) is 0 Å². The number of rotatable bonds is 11. The Morgan fingerprint density at radius 3 is 2.50 bits per heavy atom. The predicted octanol–water partition coefficient (Wildman–Crippen LogP) is 7.27. The van der Waals surface area contributed by atoms with Crippen molar-refractivity contribution in [1.29, 1.82) is 0 Å². The summed E-state index contributed by atoms with van der Waals surface area (Å²) in [6.45, 7) is 4.99. The molecule has 3 N–H and O–H groups in total. The van der Waals surface area contributed by atoms with Gasteiger partial charge in [0.25, 0.3) is 0 Å². The molecule has 0 aliphatic carbocycles. The van der Waals surface area contributed by atoms with Crippen molar-refractivity contribution >= 4 is 34.4 Å². The second-order valence-electron chi connectivity index (χ2n) is 8.71. The maximum atomic E-state index is 13.2. The molecule has 0 saturated heterocycles. The van der Waals surface area contributed by atoms with E-state index in [0.717, 1.165) is 12.5 Å². The Hall–Kier alpha value is -1.86. The molecule has 3 rings (SSSR count). The van der Waals surface area contributed by atoms with Crippen LogP contribution in [0.1, 0.15) is 60.4 Å². The number of benzene rings is 3. The van der Waals surface area contributed by atoms with Crippen LogP contribution in [0.3, 0.4) is 0 Å². The van der Waals surface area contributed by atoms with Gasteiger partial charge >= 0.3 is 37.1 Å². The van der Waals surface area contributed by atoms with E-state index in [1.54, 1.807) is 13.2 Å². The summed E-state index contributed by atoms with van der Waals surface area (Å²) in [4.78, 5) is 10.3. The summed E-state index contributed by atoms with van der Waals surface area (Å²) in [7, 11) is 1.75. The summed E-state index contributed by atoms with van der Waals surface area (Å²) >= 11 is 2.39. The van der Waals surface area contributed by atoms with Gasteiger partial charge in [0.05, 0.1) is 6.61 Å². The number of hydrogen-bond donors (Lipinski definition) is 2. The molecule has 0 aromatic heterocycles. The Morgan fingerprint density at radius 2 is 1.87 bits per heavy atom. The maximum Gasteiger partial charge on any atom is 2.00 e. The Bertz CT molecular complexity index is 1220. The van der Waals surface area contributed by atoms with Crippen molar-refractivity contribution in [1.82, 2.24) is 0 Å². The van der Waals surface area contributed by atoms with Crippen molar-refractivity contribution in [3.8, 4) is 11.1 Å². The van der Waals surface area contributed by atoms with Gasteiger partial charge in [-0.1, -0.05) is 42.9 Å². The molecule has 0 unspecified atom stereocenters. The molecular weight excluding hydrogens is 820 g/mol. The number of aliphatic carboxylic acids is 1. The van der Waals surface area contributed by atoms with E-state index in [2.05, 4.69) is 79.3 Å². The SMILES string of the molecule is CC[CH-]c1ccc(-c2cccc(I)c2C)c(COC)c1.[N-]=C(N)c1cc(F)cc(CCCCC(=O)O)c1.[U+2]. The zero-order valence-corrected chi connectivity index (χ0v) is 28.4. The van der Waals surface area contributed by atoms with Crippen LogP contribution in [-0.4, -0.2) is 24.0 Å². The molecule has 0 aliphatic heterocycles. The predicted molar refractivity (Wildman–Crippen MR) is 157 cm³/mol. The van der Waals surface area contributed by atoms with E-state index in [0.29, 0.717) is 31.4 Å². The zero-order valence-electron chi connectivity index (χ0n) is 22.1. The molecule has 0 amide bonds. The van der Waals surface area contributed by atoms with Crippen LogP contribution in [0, 0.1) is 53.8 Å². The van der Waals surface area contributed by atoms with Gasteiger partial charge in [0.15, 0.2) is 0 Å².